The maximum absolute atomic E-state index is 11.3. The number of benzene rings is 2. The van der Waals surface area contributed by atoms with Gasteiger partial charge in [0, 0.05) is 6.08 Å². The highest BCUT2D eigenvalue weighted by Crippen LogP contribution is 2.28. The zero-order valence-corrected chi connectivity index (χ0v) is 17.8. The molecule has 5 heteroatoms. The minimum absolute atomic E-state index is 0.109. The molecule has 2 aromatic rings. The molecule has 0 aliphatic carbocycles. The third-order valence-corrected chi connectivity index (χ3v) is 5.77. The number of esters is 1. The number of hydrogen-bond acceptors (Lipinski definition) is 4. The van der Waals surface area contributed by atoms with Crippen molar-refractivity contribution in [2.45, 2.75) is 58.3 Å². The molecule has 2 rings (SSSR count). The van der Waals surface area contributed by atoms with E-state index in [0.29, 0.717) is 5.75 Å². The predicted octanol–water partition coefficient (Wildman–Crippen LogP) is 5.26. The molecular weight excluding hydrogens is 356 g/mol. The third-order valence-electron chi connectivity index (χ3n) is 4.58. The van der Waals surface area contributed by atoms with Crippen LogP contribution in [-0.4, -0.2) is 26.6 Å². The van der Waals surface area contributed by atoms with Crippen molar-refractivity contribution in [3.63, 3.8) is 0 Å². The lowest BCUT2D eigenvalue weighted by Crippen LogP contribution is -2.42. The summed E-state index contributed by atoms with van der Waals surface area (Å²) in [5.41, 5.74) is -0.109. The van der Waals surface area contributed by atoms with Gasteiger partial charge in [0.15, 0.2) is 0 Å². The summed E-state index contributed by atoms with van der Waals surface area (Å²) in [5.74, 6) is 0.812. The first-order chi connectivity index (χ1) is 12.7. The van der Waals surface area contributed by atoms with Crippen molar-refractivity contribution in [1.29, 1.82) is 0 Å². The molecule has 0 atom stereocenters. The van der Waals surface area contributed by atoms with Gasteiger partial charge >= 0.3 is 5.97 Å². The molecular formula is C22H28O4Si. The molecule has 0 heterocycles. The first kappa shape index (κ1) is 21.2. The topological polar surface area (TPSA) is 44.8 Å². The average molecular weight is 385 g/mol. The maximum atomic E-state index is 11.3. The Morgan fingerprint density at radius 2 is 1.59 bits per heavy atom. The quantitative estimate of drug-likeness (QED) is 0.256. The Morgan fingerprint density at radius 3 is 2.15 bits per heavy atom. The molecule has 0 amide bonds. The SMILES string of the molecule is C=CC(=O)Oc1ccc2cc(OC(C)(C)[Si]OC(C)(CC)CC)ccc2c1. The largest absolute Gasteiger partial charge is 0.489 e. The zero-order chi connectivity index (χ0) is 20.1. The van der Waals surface area contributed by atoms with E-state index in [4.69, 9.17) is 13.9 Å². The number of carbonyl (C=O) groups excluding carboxylic acids is 1. The van der Waals surface area contributed by atoms with E-state index in [9.17, 15) is 4.79 Å². The lowest BCUT2D eigenvalue weighted by atomic mass is 10.0. The second kappa shape index (κ2) is 8.72. The second-order valence-electron chi connectivity index (χ2n) is 7.27. The van der Waals surface area contributed by atoms with E-state index >= 15 is 0 Å². The van der Waals surface area contributed by atoms with Crippen LogP contribution in [0.4, 0.5) is 0 Å². The maximum Gasteiger partial charge on any atom is 0.335 e. The Kier molecular flexibility index (Phi) is 6.84. The van der Waals surface area contributed by atoms with Crippen LogP contribution in [0.1, 0.15) is 47.5 Å². The van der Waals surface area contributed by atoms with Crippen LogP contribution in [-0.2, 0) is 9.22 Å². The Hall–Kier alpha value is -2.11. The lowest BCUT2D eigenvalue weighted by Gasteiger charge is -2.32. The summed E-state index contributed by atoms with van der Waals surface area (Å²) in [5, 5.41) is 1.56. The Labute approximate surface area is 164 Å². The molecule has 0 fully saturated rings. The molecule has 2 aromatic carbocycles. The van der Waals surface area contributed by atoms with Gasteiger partial charge in [0.1, 0.15) is 16.7 Å². The smallest absolute Gasteiger partial charge is 0.335 e. The van der Waals surface area contributed by atoms with E-state index in [1.807, 2.05) is 44.2 Å². The molecule has 0 spiro atoms. The van der Waals surface area contributed by atoms with Crippen LogP contribution in [0, 0.1) is 0 Å². The van der Waals surface area contributed by atoms with Crippen molar-refractivity contribution in [2.75, 3.05) is 0 Å². The van der Waals surface area contributed by atoms with Crippen LogP contribution >= 0.6 is 0 Å². The van der Waals surface area contributed by atoms with Gasteiger partial charge in [-0.05, 0) is 68.7 Å². The van der Waals surface area contributed by atoms with E-state index < -0.39 is 11.2 Å². The van der Waals surface area contributed by atoms with Gasteiger partial charge in [-0.3, -0.25) is 0 Å². The highest BCUT2D eigenvalue weighted by Gasteiger charge is 2.29. The number of rotatable bonds is 9. The second-order valence-corrected chi connectivity index (χ2v) is 8.88. The van der Waals surface area contributed by atoms with Crippen molar-refractivity contribution in [2.24, 2.45) is 0 Å². The van der Waals surface area contributed by atoms with Crippen molar-refractivity contribution in [1.82, 2.24) is 0 Å². The van der Waals surface area contributed by atoms with Crippen LogP contribution in [0.15, 0.2) is 49.1 Å². The van der Waals surface area contributed by atoms with Gasteiger partial charge in [-0.25, -0.2) is 4.79 Å². The van der Waals surface area contributed by atoms with Gasteiger partial charge < -0.3 is 13.9 Å². The van der Waals surface area contributed by atoms with E-state index in [1.165, 1.54) is 0 Å². The lowest BCUT2D eigenvalue weighted by molar-refractivity contribution is -0.128. The molecule has 0 saturated carbocycles. The highest BCUT2D eigenvalue weighted by atomic mass is 28.2. The van der Waals surface area contributed by atoms with E-state index in [0.717, 1.165) is 35.4 Å². The molecule has 144 valence electrons. The minimum Gasteiger partial charge on any atom is -0.489 e. The third kappa shape index (κ3) is 5.94. The van der Waals surface area contributed by atoms with Gasteiger partial charge in [-0.1, -0.05) is 32.6 Å². The molecule has 0 aliphatic rings. The molecule has 0 N–H and O–H groups in total. The fourth-order valence-corrected chi connectivity index (χ4v) is 3.38. The summed E-state index contributed by atoms with van der Waals surface area (Å²) < 4.78 is 17.5. The first-order valence-electron chi connectivity index (χ1n) is 9.22. The summed E-state index contributed by atoms with van der Waals surface area (Å²) in [4.78, 5) is 11.3. The van der Waals surface area contributed by atoms with E-state index in [2.05, 4.69) is 27.4 Å². The van der Waals surface area contributed by atoms with Crippen LogP contribution in [0.25, 0.3) is 10.8 Å². The van der Waals surface area contributed by atoms with E-state index in [1.54, 1.807) is 6.07 Å². The average Bonchev–Trinajstić information content (AvgIpc) is 2.66. The summed E-state index contributed by atoms with van der Waals surface area (Å²) in [6, 6.07) is 11.4. The Balaban J connectivity index is 2.11. The summed E-state index contributed by atoms with van der Waals surface area (Å²) in [7, 11) is 0.232. The zero-order valence-electron chi connectivity index (χ0n) is 16.8. The van der Waals surface area contributed by atoms with Gasteiger partial charge in [0.25, 0.3) is 9.76 Å². The Morgan fingerprint density at radius 1 is 1.04 bits per heavy atom. The molecule has 0 aliphatic heterocycles. The monoisotopic (exact) mass is 384 g/mol. The Bertz CT molecular complexity index is 809. The van der Waals surface area contributed by atoms with Crippen LogP contribution in [0.2, 0.25) is 0 Å². The minimum atomic E-state index is -0.469. The van der Waals surface area contributed by atoms with Crippen molar-refractivity contribution >= 4 is 26.5 Å². The van der Waals surface area contributed by atoms with Gasteiger partial charge in [-0.2, -0.15) is 0 Å². The number of ether oxygens (including phenoxy) is 2. The molecule has 0 bridgehead atoms. The first-order valence-corrected chi connectivity index (χ1v) is 10.1. The fourth-order valence-electron chi connectivity index (χ4n) is 2.44. The predicted molar refractivity (Wildman–Crippen MR) is 110 cm³/mol. The van der Waals surface area contributed by atoms with Crippen molar-refractivity contribution in [3.8, 4) is 11.5 Å². The standard InChI is InChI=1S/C22H28O4Si/c1-7-20(23)24-18-12-10-17-15-19(13-11-16(17)14-18)25-21(4,5)27-26-22(6,8-2)9-3/h7,10-15H,1,8-9H2,2-6H3. The molecule has 0 aromatic heterocycles. The molecule has 4 nitrogen and oxygen atoms in total. The van der Waals surface area contributed by atoms with Crippen molar-refractivity contribution in [3.05, 3.63) is 49.1 Å². The number of fused-ring (bicyclic) bond motifs is 1. The number of carbonyl (C=O) groups is 1. The van der Waals surface area contributed by atoms with E-state index in [-0.39, 0.29) is 15.4 Å². The van der Waals surface area contributed by atoms with Crippen molar-refractivity contribution < 1.29 is 18.7 Å². The number of hydrogen-bond donors (Lipinski definition) is 0. The van der Waals surface area contributed by atoms with Gasteiger partial charge in [0.2, 0.25) is 0 Å². The normalized spacial score (nSPS) is 12.0. The summed E-state index contributed by atoms with van der Waals surface area (Å²) >= 11 is 0. The van der Waals surface area contributed by atoms with Gasteiger partial charge in [0.05, 0.1) is 5.60 Å². The van der Waals surface area contributed by atoms with Gasteiger partial charge in [-0.15, -0.1) is 0 Å². The highest BCUT2D eigenvalue weighted by molar-refractivity contribution is 6.31. The van der Waals surface area contributed by atoms with Crippen LogP contribution < -0.4 is 9.47 Å². The fraction of sp³-hybridized carbons (Fsp3) is 0.409. The summed E-state index contributed by atoms with van der Waals surface area (Å²) in [6.07, 6.45) is 3.09. The summed E-state index contributed by atoms with van der Waals surface area (Å²) in [6.45, 7) is 13.9. The van der Waals surface area contributed by atoms with Crippen LogP contribution in [0.3, 0.4) is 0 Å². The molecule has 0 saturated heterocycles. The molecule has 27 heavy (non-hydrogen) atoms. The van der Waals surface area contributed by atoms with Crippen LogP contribution in [0.5, 0.6) is 11.5 Å². The molecule has 2 radical (unpaired) electrons. The molecule has 0 unspecified atom stereocenters.